The largest absolute Gasteiger partial charge is 0.449 e. The van der Waals surface area contributed by atoms with Gasteiger partial charge in [0.25, 0.3) is 5.91 Å². The van der Waals surface area contributed by atoms with E-state index in [9.17, 15) is 18.4 Å². The number of carbonyl (C=O) groups excluding carboxylic acids is 2. The van der Waals surface area contributed by atoms with Gasteiger partial charge in [0.2, 0.25) is 0 Å². The Labute approximate surface area is 145 Å². The van der Waals surface area contributed by atoms with Crippen molar-refractivity contribution in [3.05, 3.63) is 69.7 Å². The van der Waals surface area contributed by atoms with Crippen molar-refractivity contribution in [2.24, 2.45) is 0 Å². The maximum Gasteiger partial charge on any atom is 0.341 e. The Morgan fingerprint density at radius 3 is 2.46 bits per heavy atom. The molecule has 0 aliphatic rings. The lowest BCUT2D eigenvalue weighted by molar-refractivity contribution is -0.129. The van der Waals surface area contributed by atoms with E-state index in [0.29, 0.717) is 10.0 Å². The topological polar surface area (TPSA) is 55.4 Å². The summed E-state index contributed by atoms with van der Waals surface area (Å²) >= 11 is 3.09. The molecule has 0 saturated heterocycles. The van der Waals surface area contributed by atoms with Crippen LogP contribution in [0.3, 0.4) is 0 Å². The Kier molecular flexibility index (Phi) is 6.03. The van der Waals surface area contributed by atoms with Crippen molar-refractivity contribution in [3.8, 4) is 0 Å². The number of nitrogens with one attached hydrogen (secondary N) is 1. The molecule has 24 heavy (non-hydrogen) atoms. The third-order valence-electron chi connectivity index (χ3n) is 3.18. The molecule has 0 bridgehead atoms. The molecule has 0 aromatic heterocycles. The minimum absolute atomic E-state index is 0.160. The highest BCUT2D eigenvalue weighted by atomic mass is 79.9. The van der Waals surface area contributed by atoms with Crippen LogP contribution in [0, 0.1) is 11.6 Å². The van der Waals surface area contributed by atoms with E-state index in [2.05, 4.69) is 21.2 Å². The van der Waals surface area contributed by atoms with Crippen molar-refractivity contribution in [1.29, 1.82) is 0 Å². The molecule has 2 aromatic rings. The van der Waals surface area contributed by atoms with Gasteiger partial charge < -0.3 is 10.1 Å². The first-order valence-electron chi connectivity index (χ1n) is 7.05. The lowest BCUT2D eigenvalue weighted by Crippen LogP contribution is -2.35. The number of rotatable bonds is 5. The van der Waals surface area contributed by atoms with Crippen molar-refractivity contribution in [2.75, 3.05) is 0 Å². The molecule has 0 fully saturated rings. The zero-order chi connectivity index (χ0) is 17.7. The molecule has 1 amide bonds. The lowest BCUT2D eigenvalue weighted by Gasteiger charge is -2.14. The van der Waals surface area contributed by atoms with Crippen LogP contribution in [0.15, 0.2) is 46.9 Å². The molecule has 1 atom stereocenters. The van der Waals surface area contributed by atoms with Crippen LogP contribution in [-0.4, -0.2) is 18.0 Å². The van der Waals surface area contributed by atoms with Gasteiger partial charge in [-0.2, -0.15) is 0 Å². The third-order valence-corrected chi connectivity index (χ3v) is 3.68. The Morgan fingerprint density at radius 1 is 1.17 bits per heavy atom. The van der Waals surface area contributed by atoms with Crippen LogP contribution in [0.1, 0.15) is 22.8 Å². The molecule has 0 aliphatic carbocycles. The Bertz CT molecular complexity index is 750. The molecule has 2 rings (SSSR count). The van der Waals surface area contributed by atoms with E-state index in [1.807, 2.05) is 0 Å². The first kappa shape index (κ1) is 18.1. The third kappa shape index (κ3) is 4.86. The van der Waals surface area contributed by atoms with Gasteiger partial charge in [-0.25, -0.2) is 13.6 Å². The standard InChI is InChI=1S/C17H14BrF2NO3/c1-10(16(22)21-9-11-2-5-13(19)6-3-11)24-17(23)14-7-4-12(18)8-15(14)20/h2-8,10H,9H2,1H3,(H,21,22)/t10-/m0/s1. The number of hydrogen-bond acceptors (Lipinski definition) is 3. The SMILES string of the molecule is C[C@H](OC(=O)c1ccc(Br)cc1F)C(=O)NCc1ccc(F)cc1. The molecule has 0 saturated carbocycles. The second-order valence-corrected chi connectivity index (χ2v) is 5.93. The van der Waals surface area contributed by atoms with Crippen molar-refractivity contribution in [2.45, 2.75) is 19.6 Å². The van der Waals surface area contributed by atoms with Gasteiger partial charge in [-0.05, 0) is 42.8 Å². The summed E-state index contributed by atoms with van der Waals surface area (Å²) in [5.74, 6) is -2.58. The average Bonchev–Trinajstić information content (AvgIpc) is 2.53. The van der Waals surface area contributed by atoms with Gasteiger partial charge in [-0.3, -0.25) is 4.79 Å². The summed E-state index contributed by atoms with van der Waals surface area (Å²) in [6.45, 7) is 1.54. The van der Waals surface area contributed by atoms with E-state index in [1.165, 1.54) is 43.3 Å². The predicted molar refractivity (Wildman–Crippen MR) is 87.2 cm³/mol. The summed E-state index contributed by atoms with van der Waals surface area (Å²) < 4.78 is 31.9. The fraction of sp³-hybridized carbons (Fsp3) is 0.176. The highest BCUT2D eigenvalue weighted by Crippen LogP contribution is 2.16. The summed E-state index contributed by atoms with van der Waals surface area (Å²) in [6.07, 6.45) is -1.10. The molecular formula is C17H14BrF2NO3. The van der Waals surface area contributed by atoms with Gasteiger partial charge >= 0.3 is 5.97 Å². The summed E-state index contributed by atoms with van der Waals surface area (Å²) in [5.41, 5.74) is 0.443. The van der Waals surface area contributed by atoms with Crippen LogP contribution in [0.5, 0.6) is 0 Å². The zero-order valence-electron chi connectivity index (χ0n) is 12.7. The van der Waals surface area contributed by atoms with E-state index in [-0.39, 0.29) is 17.9 Å². The van der Waals surface area contributed by atoms with Crippen LogP contribution in [0.25, 0.3) is 0 Å². The minimum atomic E-state index is -1.10. The number of benzene rings is 2. The van der Waals surface area contributed by atoms with Crippen LogP contribution in [0.2, 0.25) is 0 Å². The summed E-state index contributed by atoms with van der Waals surface area (Å²) in [5, 5.41) is 2.56. The van der Waals surface area contributed by atoms with E-state index < -0.39 is 23.8 Å². The molecule has 0 radical (unpaired) electrons. The normalized spacial score (nSPS) is 11.7. The fourth-order valence-corrected chi connectivity index (χ4v) is 2.20. The van der Waals surface area contributed by atoms with Crippen LogP contribution >= 0.6 is 15.9 Å². The van der Waals surface area contributed by atoms with Crippen LogP contribution < -0.4 is 5.32 Å². The van der Waals surface area contributed by atoms with Gasteiger partial charge in [0.05, 0.1) is 5.56 Å². The highest BCUT2D eigenvalue weighted by molar-refractivity contribution is 9.10. The molecule has 126 valence electrons. The molecule has 1 N–H and O–H groups in total. The van der Waals surface area contributed by atoms with Crippen molar-refractivity contribution in [1.82, 2.24) is 5.32 Å². The number of halogens is 3. The molecule has 0 heterocycles. The Hall–Kier alpha value is -2.28. The highest BCUT2D eigenvalue weighted by Gasteiger charge is 2.21. The van der Waals surface area contributed by atoms with Crippen LogP contribution in [0.4, 0.5) is 8.78 Å². The number of esters is 1. The minimum Gasteiger partial charge on any atom is -0.449 e. The second-order valence-electron chi connectivity index (χ2n) is 5.02. The van der Waals surface area contributed by atoms with Gasteiger partial charge in [0.1, 0.15) is 11.6 Å². The zero-order valence-corrected chi connectivity index (χ0v) is 14.3. The monoisotopic (exact) mass is 397 g/mol. The number of amides is 1. The van der Waals surface area contributed by atoms with Gasteiger partial charge in [-0.1, -0.05) is 28.1 Å². The molecule has 0 unspecified atom stereocenters. The lowest BCUT2D eigenvalue weighted by atomic mass is 10.2. The maximum absolute atomic E-state index is 13.7. The second kappa shape index (κ2) is 8.01. The molecule has 0 spiro atoms. The summed E-state index contributed by atoms with van der Waals surface area (Å²) in [6, 6.07) is 9.52. The number of ether oxygens (including phenoxy) is 1. The Balaban J connectivity index is 1.90. The van der Waals surface area contributed by atoms with Crippen molar-refractivity contribution >= 4 is 27.8 Å². The molecule has 4 nitrogen and oxygen atoms in total. The summed E-state index contributed by atoms with van der Waals surface area (Å²) in [4.78, 5) is 23.8. The van der Waals surface area contributed by atoms with Crippen molar-refractivity contribution < 1.29 is 23.1 Å². The first-order valence-corrected chi connectivity index (χ1v) is 7.84. The quantitative estimate of drug-likeness (QED) is 0.784. The molecule has 0 aliphatic heterocycles. The molecular weight excluding hydrogens is 384 g/mol. The number of hydrogen-bond donors (Lipinski definition) is 1. The smallest absolute Gasteiger partial charge is 0.341 e. The maximum atomic E-state index is 13.7. The van der Waals surface area contributed by atoms with E-state index in [4.69, 9.17) is 4.74 Å². The molecule has 7 heteroatoms. The van der Waals surface area contributed by atoms with Gasteiger partial charge in [-0.15, -0.1) is 0 Å². The van der Waals surface area contributed by atoms with Crippen LogP contribution in [-0.2, 0) is 16.1 Å². The Morgan fingerprint density at radius 2 is 1.83 bits per heavy atom. The predicted octanol–water partition coefficient (Wildman–Crippen LogP) is 3.59. The van der Waals surface area contributed by atoms with Crippen molar-refractivity contribution in [3.63, 3.8) is 0 Å². The van der Waals surface area contributed by atoms with Gasteiger partial charge in [0, 0.05) is 11.0 Å². The summed E-state index contributed by atoms with van der Waals surface area (Å²) in [7, 11) is 0. The molecule has 2 aromatic carbocycles. The van der Waals surface area contributed by atoms with E-state index in [1.54, 1.807) is 0 Å². The number of carbonyl (C=O) groups is 2. The first-order chi connectivity index (χ1) is 11.4. The van der Waals surface area contributed by atoms with E-state index >= 15 is 0 Å². The fourth-order valence-electron chi connectivity index (χ4n) is 1.87. The van der Waals surface area contributed by atoms with Gasteiger partial charge in [0.15, 0.2) is 6.10 Å². The average molecular weight is 398 g/mol. The van der Waals surface area contributed by atoms with E-state index in [0.717, 1.165) is 6.07 Å².